The Morgan fingerprint density at radius 1 is 1.43 bits per heavy atom. The summed E-state index contributed by atoms with van der Waals surface area (Å²) in [6.45, 7) is 6.06. The molecule has 1 saturated heterocycles. The van der Waals surface area contributed by atoms with Gasteiger partial charge in [-0.25, -0.2) is 4.98 Å². The highest BCUT2D eigenvalue weighted by Crippen LogP contribution is 2.28. The van der Waals surface area contributed by atoms with Crippen molar-refractivity contribution in [1.82, 2.24) is 9.88 Å². The number of nitrogens with zero attached hydrogens (tertiary/aromatic N) is 2. The number of likely N-dealkylation sites (N-methyl/N-ethyl adjacent to an activating group) is 1. The zero-order valence-corrected chi connectivity index (χ0v) is 15.0. The molecule has 1 aliphatic rings. The van der Waals surface area contributed by atoms with Crippen molar-refractivity contribution in [1.29, 1.82) is 0 Å². The molecule has 0 bridgehead atoms. The maximum Gasteiger partial charge on any atom is 0.278 e. The largest absolute Gasteiger partial charge is 0.332 e. The van der Waals surface area contributed by atoms with Gasteiger partial charge >= 0.3 is 0 Å². The molecule has 3 rings (SSSR count). The number of quaternary nitrogens is 1. The van der Waals surface area contributed by atoms with E-state index in [9.17, 15) is 4.79 Å². The number of carbonyl (C=O) groups is 1. The topological polar surface area (TPSA) is 37.6 Å². The van der Waals surface area contributed by atoms with Gasteiger partial charge in [0.2, 0.25) is 0 Å². The average molecular weight is 332 g/mol. The molecule has 1 amide bonds. The summed E-state index contributed by atoms with van der Waals surface area (Å²) in [4.78, 5) is 20.7. The zero-order chi connectivity index (χ0) is 16.4. The van der Waals surface area contributed by atoms with Crippen LogP contribution in [0.25, 0.3) is 10.2 Å². The standard InChI is InChI=1S/C18H25N3OS/c1-13-8-6-7-11-21(13)12-17(22)20(3)14(2)18-19-15-9-4-5-10-16(15)23-18/h4-5,9-10,13-14H,6-8,11-12H2,1-3H3/p+1/t13-,14+/m1/s1. The zero-order valence-electron chi connectivity index (χ0n) is 14.2. The number of hydrogen-bond acceptors (Lipinski definition) is 3. The van der Waals surface area contributed by atoms with E-state index in [1.54, 1.807) is 11.3 Å². The molecule has 4 nitrogen and oxygen atoms in total. The first kappa shape index (κ1) is 16.4. The minimum atomic E-state index is 0.0272. The summed E-state index contributed by atoms with van der Waals surface area (Å²) in [5.74, 6) is 0.223. The minimum Gasteiger partial charge on any atom is -0.332 e. The summed E-state index contributed by atoms with van der Waals surface area (Å²) in [6.07, 6.45) is 3.78. The molecule has 23 heavy (non-hydrogen) atoms. The van der Waals surface area contributed by atoms with Gasteiger partial charge in [0.15, 0.2) is 6.54 Å². The number of likely N-dealkylation sites (tertiary alicyclic amines) is 1. The predicted molar refractivity (Wildman–Crippen MR) is 94.8 cm³/mol. The first-order valence-corrected chi connectivity index (χ1v) is 9.33. The van der Waals surface area contributed by atoms with Crippen LogP contribution in [0.1, 0.15) is 44.2 Å². The quantitative estimate of drug-likeness (QED) is 0.933. The maximum atomic E-state index is 12.7. The molecule has 1 fully saturated rings. The van der Waals surface area contributed by atoms with Gasteiger partial charge in [-0.05, 0) is 45.2 Å². The van der Waals surface area contributed by atoms with Crippen LogP contribution in [0, 0.1) is 0 Å². The van der Waals surface area contributed by atoms with E-state index in [2.05, 4.69) is 19.9 Å². The molecule has 1 unspecified atom stereocenters. The molecule has 1 N–H and O–H groups in total. The third-order valence-electron chi connectivity index (χ3n) is 5.10. The Labute approximate surface area is 142 Å². The number of carbonyl (C=O) groups excluding carboxylic acids is 1. The molecule has 2 heterocycles. The molecule has 1 aliphatic heterocycles. The minimum absolute atomic E-state index is 0.0272. The van der Waals surface area contributed by atoms with E-state index in [1.807, 2.05) is 30.1 Å². The van der Waals surface area contributed by atoms with Gasteiger partial charge < -0.3 is 9.80 Å². The summed E-state index contributed by atoms with van der Waals surface area (Å²) in [7, 11) is 1.91. The Morgan fingerprint density at radius 2 is 2.22 bits per heavy atom. The maximum absolute atomic E-state index is 12.7. The average Bonchev–Trinajstić information content (AvgIpc) is 2.99. The lowest BCUT2D eigenvalue weighted by molar-refractivity contribution is -0.921. The lowest BCUT2D eigenvalue weighted by Gasteiger charge is -2.32. The van der Waals surface area contributed by atoms with Crippen molar-refractivity contribution in [2.24, 2.45) is 0 Å². The molecule has 1 aromatic heterocycles. The van der Waals surface area contributed by atoms with Gasteiger partial charge in [0.05, 0.1) is 28.8 Å². The number of para-hydroxylation sites is 1. The fourth-order valence-electron chi connectivity index (χ4n) is 3.29. The van der Waals surface area contributed by atoms with Crippen molar-refractivity contribution in [3.8, 4) is 0 Å². The number of benzene rings is 1. The molecule has 0 saturated carbocycles. The lowest BCUT2D eigenvalue weighted by atomic mass is 10.0. The Balaban J connectivity index is 1.68. The molecule has 0 aliphatic carbocycles. The second-order valence-corrected chi connectivity index (χ2v) is 7.74. The monoisotopic (exact) mass is 332 g/mol. The van der Waals surface area contributed by atoms with Crippen LogP contribution in [-0.4, -0.2) is 42.0 Å². The second-order valence-electron chi connectivity index (χ2n) is 6.68. The number of amides is 1. The molecule has 1 aromatic carbocycles. The van der Waals surface area contributed by atoms with Crippen molar-refractivity contribution < 1.29 is 9.69 Å². The van der Waals surface area contributed by atoms with Gasteiger partial charge in [-0.2, -0.15) is 0 Å². The Bertz CT molecular complexity index is 651. The molecule has 2 aromatic rings. The van der Waals surface area contributed by atoms with E-state index in [4.69, 9.17) is 4.98 Å². The van der Waals surface area contributed by atoms with Crippen LogP contribution in [0.4, 0.5) is 0 Å². The van der Waals surface area contributed by atoms with Crippen LogP contribution < -0.4 is 4.90 Å². The predicted octanol–water partition coefficient (Wildman–Crippen LogP) is 2.27. The summed E-state index contributed by atoms with van der Waals surface area (Å²) in [6, 6.07) is 8.78. The fourth-order valence-corrected chi connectivity index (χ4v) is 4.35. The molecular weight excluding hydrogens is 306 g/mol. The van der Waals surface area contributed by atoms with E-state index in [0.29, 0.717) is 12.6 Å². The van der Waals surface area contributed by atoms with Crippen LogP contribution >= 0.6 is 11.3 Å². The van der Waals surface area contributed by atoms with Gasteiger partial charge in [0, 0.05) is 7.05 Å². The highest BCUT2D eigenvalue weighted by atomic mass is 32.1. The van der Waals surface area contributed by atoms with Gasteiger partial charge in [-0.15, -0.1) is 11.3 Å². The van der Waals surface area contributed by atoms with Crippen LogP contribution in [0.15, 0.2) is 24.3 Å². The van der Waals surface area contributed by atoms with Crippen LogP contribution in [0.3, 0.4) is 0 Å². The third kappa shape index (κ3) is 3.56. The normalized spacial score (nSPS) is 22.9. The van der Waals surface area contributed by atoms with Crippen molar-refractivity contribution in [3.05, 3.63) is 29.3 Å². The molecule has 0 radical (unpaired) electrons. The molecule has 5 heteroatoms. The summed E-state index contributed by atoms with van der Waals surface area (Å²) in [5.41, 5.74) is 1.02. The molecule has 124 valence electrons. The number of fused-ring (bicyclic) bond motifs is 1. The van der Waals surface area contributed by atoms with Gasteiger partial charge in [0.1, 0.15) is 5.01 Å². The molecule has 3 atom stereocenters. The summed E-state index contributed by atoms with van der Waals surface area (Å²) in [5, 5.41) is 1.02. The molecular formula is C18H26N3OS+. The highest BCUT2D eigenvalue weighted by Gasteiger charge is 2.28. The van der Waals surface area contributed by atoms with Gasteiger partial charge in [0.25, 0.3) is 5.91 Å². The van der Waals surface area contributed by atoms with E-state index in [-0.39, 0.29) is 11.9 Å². The van der Waals surface area contributed by atoms with Crippen molar-refractivity contribution >= 4 is 27.5 Å². The number of rotatable bonds is 4. The second kappa shape index (κ2) is 6.97. The smallest absolute Gasteiger partial charge is 0.278 e. The number of piperidine rings is 1. The number of hydrogen-bond donors (Lipinski definition) is 1. The Hall–Kier alpha value is -1.46. The third-order valence-corrected chi connectivity index (χ3v) is 6.31. The van der Waals surface area contributed by atoms with Crippen molar-refractivity contribution in [2.75, 3.05) is 20.1 Å². The highest BCUT2D eigenvalue weighted by molar-refractivity contribution is 7.18. The van der Waals surface area contributed by atoms with E-state index >= 15 is 0 Å². The first-order valence-electron chi connectivity index (χ1n) is 8.52. The van der Waals surface area contributed by atoms with E-state index < -0.39 is 0 Å². The van der Waals surface area contributed by atoms with Crippen LogP contribution in [0.2, 0.25) is 0 Å². The SMILES string of the molecule is C[C@@H]1CCCC[NH+]1CC(=O)N(C)[C@@H](C)c1nc2ccccc2s1. The van der Waals surface area contributed by atoms with Crippen molar-refractivity contribution in [2.45, 2.75) is 45.2 Å². The van der Waals surface area contributed by atoms with Crippen LogP contribution in [-0.2, 0) is 4.79 Å². The Kier molecular flexibility index (Phi) is 4.97. The lowest BCUT2D eigenvalue weighted by Crippen LogP contribution is -3.17. The first-order chi connectivity index (χ1) is 11.1. The number of aromatic nitrogens is 1. The van der Waals surface area contributed by atoms with Crippen molar-refractivity contribution in [3.63, 3.8) is 0 Å². The summed E-state index contributed by atoms with van der Waals surface area (Å²) < 4.78 is 1.19. The Morgan fingerprint density at radius 3 is 2.96 bits per heavy atom. The fraction of sp³-hybridized carbons (Fsp3) is 0.556. The molecule has 0 spiro atoms. The van der Waals surface area contributed by atoms with E-state index in [0.717, 1.165) is 17.1 Å². The number of nitrogens with one attached hydrogen (secondary N) is 1. The summed E-state index contributed by atoms with van der Waals surface area (Å²) >= 11 is 1.69. The van der Waals surface area contributed by atoms with Gasteiger partial charge in [-0.3, -0.25) is 4.79 Å². The van der Waals surface area contributed by atoms with Gasteiger partial charge in [-0.1, -0.05) is 12.1 Å². The number of thiazole rings is 1. The van der Waals surface area contributed by atoms with E-state index in [1.165, 1.54) is 28.9 Å². The van der Waals surface area contributed by atoms with Crippen LogP contribution in [0.5, 0.6) is 0 Å².